The summed E-state index contributed by atoms with van der Waals surface area (Å²) in [6, 6.07) is 11.7. The van der Waals surface area contributed by atoms with Crippen molar-refractivity contribution in [3.63, 3.8) is 0 Å². The van der Waals surface area contributed by atoms with Gasteiger partial charge < -0.3 is 10.1 Å². The van der Waals surface area contributed by atoms with Crippen LogP contribution >= 0.6 is 0 Å². The van der Waals surface area contributed by atoms with Crippen molar-refractivity contribution >= 4 is 0 Å². The number of ether oxygens (including phenoxy) is 1. The Bertz CT molecular complexity index is 836. The Hall–Kier alpha value is -1.87. The molecular weight excluding hydrogens is 344 g/mol. The lowest BCUT2D eigenvalue weighted by molar-refractivity contribution is 0.0408. The number of rotatable bonds is 4. The second-order valence-corrected chi connectivity index (χ2v) is 9.40. The van der Waals surface area contributed by atoms with Crippen molar-refractivity contribution in [2.45, 2.75) is 64.0 Å². The van der Waals surface area contributed by atoms with Crippen LogP contribution in [-0.4, -0.2) is 18.1 Å². The Morgan fingerprint density at radius 2 is 2.11 bits per heavy atom. The van der Waals surface area contributed by atoms with E-state index in [0.29, 0.717) is 11.5 Å². The maximum absolute atomic E-state index is 5.47. The Morgan fingerprint density at radius 3 is 2.93 bits per heavy atom. The first-order valence-corrected chi connectivity index (χ1v) is 11.0. The van der Waals surface area contributed by atoms with Crippen LogP contribution in [0.4, 0.5) is 0 Å². The topological polar surface area (TPSA) is 34.1 Å². The van der Waals surface area contributed by atoms with Gasteiger partial charge in [0.05, 0.1) is 7.11 Å². The van der Waals surface area contributed by atoms with Crippen LogP contribution in [0.2, 0.25) is 0 Å². The average Bonchev–Trinajstić information content (AvgIpc) is 3.08. The molecule has 3 nitrogen and oxygen atoms in total. The van der Waals surface area contributed by atoms with Gasteiger partial charge in [0.1, 0.15) is 5.75 Å². The zero-order chi connectivity index (χ0) is 19.1. The summed E-state index contributed by atoms with van der Waals surface area (Å²) in [4.78, 5) is 4.27. The monoisotopic (exact) mass is 376 g/mol. The fourth-order valence-electron chi connectivity index (χ4n) is 6.76. The van der Waals surface area contributed by atoms with Gasteiger partial charge in [-0.05, 0) is 96.6 Å². The van der Waals surface area contributed by atoms with Crippen molar-refractivity contribution in [2.75, 3.05) is 7.11 Å². The van der Waals surface area contributed by atoms with E-state index in [9.17, 15) is 0 Å². The SMILES string of the molecule is COc1ccc2c(c1)CC[C@@H]1[C@@H]2CC[C@]2(C)[C@@H](NCc3cccnc3)CC[C@@H]12. The minimum absolute atomic E-state index is 0.438. The van der Waals surface area contributed by atoms with E-state index in [4.69, 9.17) is 4.74 Å². The highest BCUT2D eigenvalue weighted by Gasteiger charge is 2.54. The first-order chi connectivity index (χ1) is 13.7. The highest BCUT2D eigenvalue weighted by Crippen LogP contribution is 2.61. The van der Waals surface area contributed by atoms with Crippen LogP contribution in [0.5, 0.6) is 5.75 Å². The molecule has 148 valence electrons. The lowest BCUT2D eigenvalue weighted by Gasteiger charge is -2.51. The predicted molar refractivity (Wildman–Crippen MR) is 112 cm³/mol. The number of hydrogen-bond donors (Lipinski definition) is 1. The molecule has 3 aliphatic rings. The number of hydrogen-bond acceptors (Lipinski definition) is 3. The lowest BCUT2D eigenvalue weighted by atomic mass is 9.55. The first-order valence-electron chi connectivity index (χ1n) is 11.0. The van der Waals surface area contributed by atoms with E-state index in [1.54, 1.807) is 12.7 Å². The van der Waals surface area contributed by atoms with Crippen molar-refractivity contribution in [1.82, 2.24) is 10.3 Å². The minimum Gasteiger partial charge on any atom is -0.497 e. The fourth-order valence-corrected chi connectivity index (χ4v) is 6.76. The Morgan fingerprint density at radius 1 is 1.18 bits per heavy atom. The van der Waals surface area contributed by atoms with Crippen LogP contribution in [0.25, 0.3) is 0 Å². The molecule has 0 aliphatic heterocycles. The average molecular weight is 377 g/mol. The number of nitrogens with zero attached hydrogens (tertiary/aromatic N) is 1. The van der Waals surface area contributed by atoms with E-state index >= 15 is 0 Å². The van der Waals surface area contributed by atoms with E-state index in [1.807, 2.05) is 18.5 Å². The van der Waals surface area contributed by atoms with E-state index in [2.05, 4.69) is 41.5 Å². The number of fused-ring (bicyclic) bond motifs is 5. The van der Waals surface area contributed by atoms with Gasteiger partial charge in [-0.2, -0.15) is 0 Å². The number of nitrogens with one attached hydrogen (secondary N) is 1. The highest BCUT2D eigenvalue weighted by atomic mass is 16.5. The minimum atomic E-state index is 0.438. The van der Waals surface area contributed by atoms with Gasteiger partial charge in [0.25, 0.3) is 0 Å². The maximum atomic E-state index is 5.47. The highest BCUT2D eigenvalue weighted by molar-refractivity contribution is 5.40. The van der Waals surface area contributed by atoms with Crippen LogP contribution in [-0.2, 0) is 13.0 Å². The maximum Gasteiger partial charge on any atom is 0.119 e. The van der Waals surface area contributed by atoms with Gasteiger partial charge in [0, 0.05) is 25.0 Å². The summed E-state index contributed by atoms with van der Waals surface area (Å²) in [7, 11) is 1.77. The molecule has 0 spiro atoms. The molecule has 5 rings (SSSR count). The van der Waals surface area contributed by atoms with Crippen molar-refractivity contribution in [2.24, 2.45) is 17.3 Å². The van der Waals surface area contributed by atoms with Gasteiger partial charge >= 0.3 is 0 Å². The van der Waals surface area contributed by atoms with E-state index in [-0.39, 0.29) is 0 Å². The molecule has 0 unspecified atom stereocenters. The normalized spacial score (nSPS) is 33.6. The number of aryl methyl sites for hydroxylation is 1. The number of pyridine rings is 1. The first kappa shape index (κ1) is 18.2. The third kappa shape index (κ3) is 2.95. The van der Waals surface area contributed by atoms with Crippen molar-refractivity contribution in [3.8, 4) is 5.75 Å². The summed E-state index contributed by atoms with van der Waals surface area (Å²) in [5.41, 5.74) is 4.89. The summed E-state index contributed by atoms with van der Waals surface area (Å²) in [6.45, 7) is 3.52. The second kappa shape index (κ2) is 7.18. The second-order valence-electron chi connectivity index (χ2n) is 9.40. The number of methoxy groups -OCH3 is 1. The molecule has 0 radical (unpaired) electrons. The third-order valence-corrected chi connectivity index (χ3v) is 8.21. The molecule has 2 fully saturated rings. The Labute approximate surface area is 168 Å². The van der Waals surface area contributed by atoms with Crippen LogP contribution < -0.4 is 10.1 Å². The molecule has 28 heavy (non-hydrogen) atoms. The number of aromatic nitrogens is 1. The van der Waals surface area contributed by atoms with E-state index in [0.717, 1.165) is 30.0 Å². The van der Waals surface area contributed by atoms with E-state index in [1.165, 1.54) is 49.7 Å². The molecule has 5 atom stereocenters. The van der Waals surface area contributed by atoms with Crippen LogP contribution in [0.15, 0.2) is 42.7 Å². The standard InChI is InChI=1S/C25H32N2O/c1-25-12-11-21-20-8-6-19(28-2)14-18(20)5-7-22(21)23(25)9-10-24(25)27-16-17-4-3-13-26-15-17/h3-4,6,8,13-15,21-24,27H,5,7,9-12,16H2,1-2H3/t21-,22-,23+,24+,25+/m1/s1. The number of benzene rings is 1. The summed E-state index contributed by atoms with van der Waals surface area (Å²) in [5.74, 6) is 3.47. The quantitative estimate of drug-likeness (QED) is 0.806. The smallest absolute Gasteiger partial charge is 0.119 e. The predicted octanol–water partition coefficient (Wildman–Crippen LogP) is 5.10. The molecule has 3 aliphatic carbocycles. The molecule has 2 aromatic rings. The van der Waals surface area contributed by atoms with Crippen LogP contribution in [0.3, 0.4) is 0 Å². The van der Waals surface area contributed by atoms with Crippen molar-refractivity contribution in [1.29, 1.82) is 0 Å². The van der Waals surface area contributed by atoms with Crippen LogP contribution in [0, 0.1) is 17.3 Å². The van der Waals surface area contributed by atoms with Gasteiger partial charge in [-0.25, -0.2) is 0 Å². The lowest BCUT2D eigenvalue weighted by Crippen LogP contribution is -2.48. The van der Waals surface area contributed by atoms with Gasteiger partial charge in [-0.3, -0.25) is 4.98 Å². The zero-order valence-electron chi connectivity index (χ0n) is 17.2. The molecule has 0 bridgehead atoms. The Balaban J connectivity index is 1.33. The molecule has 1 aromatic heterocycles. The molecule has 2 saturated carbocycles. The third-order valence-electron chi connectivity index (χ3n) is 8.21. The summed E-state index contributed by atoms with van der Waals surface area (Å²) >= 11 is 0. The van der Waals surface area contributed by atoms with Crippen molar-refractivity contribution in [3.05, 3.63) is 59.4 Å². The molecule has 1 N–H and O–H groups in total. The summed E-state index contributed by atoms with van der Waals surface area (Å²) in [6.07, 6.45) is 11.8. The molecule has 0 amide bonds. The van der Waals surface area contributed by atoms with Gasteiger partial charge in [-0.15, -0.1) is 0 Å². The van der Waals surface area contributed by atoms with Crippen molar-refractivity contribution < 1.29 is 4.74 Å². The van der Waals surface area contributed by atoms with Crippen LogP contribution in [0.1, 0.15) is 61.6 Å². The summed E-state index contributed by atoms with van der Waals surface area (Å²) < 4.78 is 5.47. The largest absolute Gasteiger partial charge is 0.497 e. The molecule has 1 heterocycles. The molecule has 0 saturated heterocycles. The van der Waals surface area contributed by atoms with Gasteiger partial charge in [0.2, 0.25) is 0 Å². The Kier molecular flexibility index (Phi) is 4.66. The zero-order valence-corrected chi connectivity index (χ0v) is 17.2. The van der Waals surface area contributed by atoms with Gasteiger partial charge in [0.15, 0.2) is 0 Å². The molecule has 3 heteroatoms. The van der Waals surface area contributed by atoms with E-state index < -0.39 is 0 Å². The van der Waals surface area contributed by atoms with Gasteiger partial charge in [-0.1, -0.05) is 19.1 Å². The molecular formula is C25H32N2O. The molecule has 1 aromatic carbocycles. The fraction of sp³-hybridized carbons (Fsp3) is 0.560. The summed E-state index contributed by atoms with van der Waals surface area (Å²) in [5, 5.41) is 3.91.